The van der Waals surface area contributed by atoms with E-state index >= 15 is 0 Å². The highest BCUT2D eigenvalue weighted by molar-refractivity contribution is 6.29. The quantitative estimate of drug-likeness (QED) is 0.247. The van der Waals surface area contributed by atoms with Crippen molar-refractivity contribution in [2.75, 3.05) is 40.3 Å². The lowest BCUT2D eigenvalue weighted by Gasteiger charge is -2.26. The second-order valence-corrected chi connectivity index (χ2v) is 7.90. The molecule has 1 amide bonds. The molecule has 1 unspecified atom stereocenters. The van der Waals surface area contributed by atoms with Crippen molar-refractivity contribution in [1.29, 1.82) is 0 Å². The maximum absolute atomic E-state index is 12.6. The summed E-state index contributed by atoms with van der Waals surface area (Å²) in [5, 5.41) is 14.3. The molecular formula is C23H32ClN5O2. The molecule has 0 saturated heterocycles. The Morgan fingerprint density at radius 2 is 2.03 bits per heavy atom. The summed E-state index contributed by atoms with van der Waals surface area (Å²) < 4.78 is 0. The third-order valence-corrected chi connectivity index (χ3v) is 5.48. The lowest BCUT2D eigenvalue weighted by molar-refractivity contribution is 0.0808. The first kappa shape index (κ1) is 24.5. The number of aliphatic hydroxyl groups is 1. The average molecular weight is 446 g/mol. The van der Waals surface area contributed by atoms with Crippen LogP contribution in [0.3, 0.4) is 0 Å². The SMILES string of the molecule is CN(CC(=CN)/C=C\N)C(=O)c1ccc(CCNCC(O)C2=CC=C(Cl)N(C)C2)cc1. The van der Waals surface area contributed by atoms with Gasteiger partial charge in [0.05, 0.1) is 6.10 Å². The van der Waals surface area contributed by atoms with Crippen molar-refractivity contribution < 1.29 is 9.90 Å². The van der Waals surface area contributed by atoms with Gasteiger partial charge in [0.15, 0.2) is 0 Å². The first-order valence-electron chi connectivity index (χ1n) is 10.1. The van der Waals surface area contributed by atoms with E-state index in [4.69, 9.17) is 23.1 Å². The van der Waals surface area contributed by atoms with E-state index in [0.717, 1.165) is 29.7 Å². The van der Waals surface area contributed by atoms with E-state index in [1.54, 1.807) is 24.1 Å². The number of allylic oxidation sites excluding steroid dienone is 2. The Bertz CT molecular complexity index is 861. The number of nitrogens with zero attached hydrogens (tertiary/aromatic N) is 2. The fourth-order valence-electron chi connectivity index (χ4n) is 3.19. The van der Waals surface area contributed by atoms with E-state index in [9.17, 15) is 9.90 Å². The average Bonchev–Trinajstić information content (AvgIpc) is 2.77. The lowest BCUT2D eigenvalue weighted by Crippen LogP contribution is -2.34. The Balaban J connectivity index is 1.79. The van der Waals surface area contributed by atoms with Crippen LogP contribution in [-0.2, 0) is 6.42 Å². The first-order chi connectivity index (χ1) is 14.8. The molecule has 8 heteroatoms. The van der Waals surface area contributed by atoms with Crippen LogP contribution >= 0.6 is 11.6 Å². The number of nitrogens with two attached hydrogens (primary N) is 2. The standard InChI is InChI=1S/C23H32ClN5O2/c1-28-16-20(7-8-22(28)24)21(30)14-27-12-10-17-3-5-19(6-4-17)23(31)29(2)15-18(13-26)9-11-25/h3-9,11,13,21,27,30H,10,12,14-16,25-26H2,1-2H3/b11-9-,18-13?. The van der Waals surface area contributed by atoms with Gasteiger partial charge in [-0.05, 0) is 66.4 Å². The van der Waals surface area contributed by atoms with Gasteiger partial charge >= 0.3 is 0 Å². The van der Waals surface area contributed by atoms with E-state index < -0.39 is 6.10 Å². The summed E-state index contributed by atoms with van der Waals surface area (Å²) in [6.45, 7) is 2.19. The molecular weight excluding hydrogens is 414 g/mol. The number of benzene rings is 1. The van der Waals surface area contributed by atoms with Crippen molar-refractivity contribution in [2.24, 2.45) is 11.5 Å². The summed E-state index contributed by atoms with van der Waals surface area (Å²) in [5.74, 6) is -0.0857. The summed E-state index contributed by atoms with van der Waals surface area (Å²) >= 11 is 6.03. The number of carbonyl (C=O) groups excluding carboxylic acids is 1. The van der Waals surface area contributed by atoms with E-state index in [-0.39, 0.29) is 5.91 Å². The second kappa shape index (κ2) is 12.2. The summed E-state index contributed by atoms with van der Waals surface area (Å²) in [7, 11) is 3.62. The number of rotatable bonds is 10. The van der Waals surface area contributed by atoms with Crippen molar-refractivity contribution in [3.05, 3.63) is 82.3 Å². The zero-order valence-electron chi connectivity index (χ0n) is 18.1. The Morgan fingerprint density at radius 3 is 2.65 bits per heavy atom. The topological polar surface area (TPSA) is 108 Å². The minimum Gasteiger partial charge on any atom is -0.405 e. The minimum atomic E-state index is -0.555. The van der Waals surface area contributed by atoms with E-state index in [0.29, 0.717) is 30.4 Å². The maximum atomic E-state index is 12.6. The van der Waals surface area contributed by atoms with E-state index in [1.807, 2.05) is 42.3 Å². The fraction of sp³-hybridized carbons (Fsp3) is 0.348. The molecule has 1 heterocycles. The van der Waals surface area contributed by atoms with Gasteiger partial charge in [-0.25, -0.2) is 0 Å². The maximum Gasteiger partial charge on any atom is 0.253 e. The number of nitrogens with one attached hydrogen (secondary N) is 1. The molecule has 31 heavy (non-hydrogen) atoms. The van der Waals surface area contributed by atoms with Gasteiger partial charge in [-0.1, -0.05) is 29.8 Å². The highest BCUT2D eigenvalue weighted by Crippen LogP contribution is 2.18. The number of aliphatic hydroxyl groups excluding tert-OH is 1. The van der Waals surface area contributed by atoms with Crippen LogP contribution in [0.1, 0.15) is 15.9 Å². The summed E-state index contributed by atoms with van der Waals surface area (Å²) in [6, 6.07) is 7.55. The minimum absolute atomic E-state index is 0.0857. The Hall–Kier alpha value is -2.74. The van der Waals surface area contributed by atoms with Gasteiger partial charge < -0.3 is 31.7 Å². The molecule has 0 aromatic heterocycles. The van der Waals surface area contributed by atoms with Crippen LogP contribution in [-0.4, -0.2) is 67.2 Å². The van der Waals surface area contributed by atoms with Crippen molar-refractivity contribution in [3.63, 3.8) is 0 Å². The third-order valence-electron chi connectivity index (χ3n) is 5.07. The molecule has 1 aliphatic rings. The van der Waals surface area contributed by atoms with Gasteiger partial charge in [-0.2, -0.15) is 0 Å². The van der Waals surface area contributed by atoms with Crippen LogP contribution in [0.25, 0.3) is 0 Å². The molecule has 168 valence electrons. The van der Waals surface area contributed by atoms with Crippen molar-refractivity contribution in [2.45, 2.75) is 12.5 Å². The number of hydrogen-bond donors (Lipinski definition) is 4. The Kier molecular flexibility index (Phi) is 9.65. The largest absolute Gasteiger partial charge is 0.405 e. The molecule has 0 fully saturated rings. The van der Waals surface area contributed by atoms with Crippen molar-refractivity contribution in [3.8, 4) is 0 Å². The van der Waals surface area contributed by atoms with E-state index in [2.05, 4.69) is 5.32 Å². The number of hydrogen-bond acceptors (Lipinski definition) is 6. The van der Waals surface area contributed by atoms with Gasteiger partial charge in [-0.3, -0.25) is 4.79 Å². The van der Waals surface area contributed by atoms with Gasteiger partial charge in [0.25, 0.3) is 5.91 Å². The van der Waals surface area contributed by atoms with Crippen molar-refractivity contribution >= 4 is 17.5 Å². The normalized spacial score (nSPS) is 15.6. The molecule has 2 rings (SSSR count). The van der Waals surface area contributed by atoms with Crippen LogP contribution in [0.4, 0.5) is 0 Å². The van der Waals surface area contributed by atoms with E-state index in [1.165, 1.54) is 12.4 Å². The Morgan fingerprint density at radius 1 is 1.32 bits per heavy atom. The molecule has 6 N–H and O–H groups in total. The molecule has 7 nitrogen and oxygen atoms in total. The van der Waals surface area contributed by atoms with Gasteiger partial charge in [0.2, 0.25) is 0 Å². The molecule has 0 spiro atoms. The number of halogens is 1. The summed E-state index contributed by atoms with van der Waals surface area (Å²) in [6.07, 6.45) is 8.42. The van der Waals surface area contributed by atoms with Crippen LogP contribution in [0, 0.1) is 0 Å². The van der Waals surface area contributed by atoms with Crippen LogP contribution in [0.5, 0.6) is 0 Å². The van der Waals surface area contributed by atoms with Gasteiger partial charge in [0.1, 0.15) is 5.16 Å². The zero-order chi connectivity index (χ0) is 22.8. The van der Waals surface area contributed by atoms with Crippen molar-refractivity contribution in [1.82, 2.24) is 15.1 Å². The van der Waals surface area contributed by atoms with Gasteiger partial charge in [-0.15, -0.1) is 0 Å². The smallest absolute Gasteiger partial charge is 0.253 e. The molecule has 1 atom stereocenters. The lowest BCUT2D eigenvalue weighted by atomic mass is 10.1. The Labute approximate surface area is 189 Å². The summed E-state index contributed by atoms with van der Waals surface area (Å²) in [4.78, 5) is 16.1. The fourth-order valence-corrected chi connectivity index (χ4v) is 3.31. The van der Waals surface area contributed by atoms with Crippen LogP contribution < -0.4 is 16.8 Å². The highest BCUT2D eigenvalue weighted by atomic mass is 35.5. The molecule has 1 aromatic carbocycles. The van der Waals surface area contributed by atoms with Crippen LogP contribution in [0.15, 0.2) is 71.2 Å². The highest BCUT2D eigenvalue weighted by Gasteiger charge is 2.16. The number of amides is 1. The second-order valence-electron chi connectivity index (χ2n) is 7.52. The zero-order valence-corrected chi connectivity index (χ0v) is 18.8. The number of likely N-dealkylation sites (N-methyl/N-ethyl adjacent to an activating group) is 2. The van der Waals surface area contributed by atoms with Crippen LogP contribution in [0.2, 0.25) is 0 Å². The predicted molar refractivity (Wildman–Crippen MR) is 126 cm³/mol. The molecule has 0 radical (unpaired) electrons. The first-order valence-corrected chi connectivity index (χ1v) is 10.5. The number of carbonyl (C=O) groups is 1. The molecule has 0 saturated carbocycles. The predicted octanol–water partition coefficient (Wildman–Crippen LogP) is 1.52. The monoisotopic (exact) mass is 445 g/mol. The molecule has 0 bridgehead atoms. The molecule has 0 aliphatic carbocycles. The molecule has 1 aromatic rings. The molecule has 1 aliphatic heterocycles. The van der Waals surface area contributed by atoms with Gasteiger partial charge in [0, 0.05) is 39.3 Å². The summed E-state index contributed by atoms with van der Waals surface area (Å²) in [5.41, 5.74) is 14.4. The third kappa shape index (κ3) is 7.47.